The largest absolute Gasteiger partial charge is 0.462 e. The Hall–Kier alpha value is -0.570. The molecule has 0 saturated heterocycles. The van der Waals surface area contributed by atoms with E-state index in [1.807, 2.05) is 13.8 Å². The Morgan fingerprint density at radius 3 is 2.25 bits per heavy atom. The van der Waals surface area contributed by atoms with Crippen molar-refractivity contribution in [2.45, 2.75) is 78.9 Å². The second-order valence-electron chi connectivity index (χ2n) is 8.58. The number of ether oxygens (including phenoxy) is 1. The van der Waals surface area contributed by atoms with Crippen LogP contribution in [0.25, 0.3) is 0 Å². The van der Waals surface area contributed by atoms with Crippen molar-refractivity contribution in [1.29, 1.82) is 0 Å². The predicted molar refractivity (Wildman–Crippen MR) is 79.2 cm³/mol. The fraction of sp³-hybridized carbons (Fsp3) is 0.941. The van der Waals surface area contributed by atoms with Crippen molar-refractivity contribution in [3.63, 3.8) is 0 Å². The molecule has 0 spiro atoms. The van der Waals surface area contributed by atoms with Crippen molar-refractivity contribution in [3.8, 4) is 0 Å². The Kier molecular flexibility index (Phi) is 3.73. The van der Waals surface area contributed by atoms with E-state index in [9.17, 15) is 9.90 Å². The van der Waals surface area contributed by atoms with Crippen LogP contribution in [0.2, 0.25) is 0 Å². The van der Waals surface area contributed by atoms with Crippen LogP contribution in [0.1, 0.15) is 67.2 Å². The summed E-state index contributed by atoms with van der Waals surface area (Å²) in [6, 6.07) is 0. The highest BCUT2D eigenvalue weighted by Gasteiger charge is 2.59. The molecule has 4 atom stereocenters. The molecule has 2 aliphatic rings. The topological polar surface area (TPSA) is 46.5 Å². The number of carbonyl (C=O) groups excluding carboxylic acids is 1. The van der Waals surface area contributed by atoms with Crippen LogP contribution in [0.5, 0.6) is 0 Å². The van der Waals surface area contributed by atoms with Crippen LogP contribution in [0.4, 0.5) is 0 Å². The monoisotopic (exact) mass is 282 g/mol. The molecule has 0 aromatic rings. The summed E-state index contributed by atoms with van der Waals surface area (Å²) in [5, 5.41) is 10.4. The van der Waals surface area contributed by atoms with Gasteiger partial charge in [0.2, 0.25) is 0 Å². The van der Waals surface area contributed by atoms with Crippen molar-refractivity contribution in [2.75, 3.05) is 0 Å². The number of hydrogen-bond acceptors (Lipinski definition) is 3. The maximum atomic E-state index is 11.4. The van der Waals surface area contributed by atoms with Gasteiger partial charge in [0, 0.05) is 12.8 Å². The second-order valence-corrected chi connectivity index (χ2v) is 8.58. The van der Waals surface area contributed by atoms with E-state index in [1.54, 1.807) is 0 Å². The molecule has 0 bridgehead atoms. The summed E-state index contributed by atoms with van der Waals surface area (Å²) < 4.78 is 5.62. The molecule has 116 valence electrons. The smallest absolute Gasteiger partial charge is 0.302 e. The van der Waals surface area contributed by atoms with Gasteiger partial charge in [0.15, 0.2) is 0 Å². The molecule has 2 aliphatic carbocycles. The van der Waals surface area contributed by atoms with Crippen LogP contribution in [0.3, 0.4) is 0 Å². The summed E-state index contributed by atoms with van der Waals surface area (Å²) in [6.07, 6.45) is 4.22. The zero-order valence-corrected chi connectivity index (χ0v) is 13.8. The van der Waals surface area contributed by atoms with Crippen molar-refractivity contribution in [3.05, 3.63) is 0 Å². The summed E-state index contributed by atoms with van der Waals surface area (Å²) >= 11 is 0. The molecule has 2 rings (SSSR count). The average Bonchev–Trinajstić information content (AvgIpc) is 2.47. The van der Waals surface area contributed by atoms with Gasteiger partial charge in [-0.25, -0.2) is 0 Å². The standard InChI is InChI=1S/C17H30O3/c1-11(18)20-13-10-15(2,3)9-12(13)17(6)8-7-14(17)16(4,5)19/h12-14,19H,7-10H2,1-6H3/t12-,13+,14-,17+/m0/s1. The minimum Gasteiger partial charge on any atom is -0.462 e. The molecule has 2 saturated carbocycles. The predicted octanol–water partition coefficient (Wildman–Crippen LogP) is 3.54. The first-order valence-electron chi connectivity index (χ1n) is 7.85. The molecule has 20 heavy (non-hydrogen) atoms. The van der Waals surface area contributed by atoms with Crippen LogP contribution < -0.4 is 0 Å². The van der Waals surface area contributed by atoms with E-state index in [2.05, 4.69) is 20.8 Å². The lowest BCUT2D eigenvalue weighted by Crippen LogP contribution is -2.55. The molecule has 3 heteroatoms. The van der Waals surface area contributed by atoms with Gasteiger partial charge in [0.05, 0.1) is 5.60 Å². The Bertz CT molecular complexity index is 394. The van der Waals surface area contributed by atoms with Crippen LogP contribution in [-0.2, 0) is 9.53 Å². The number of esters is 1. The highest BCUT2D eigenvalue weighted by molar-refractivity contribution is 5.66. The minimum atomic E-state index is -0.652. The summed E-state index contributed by atoms with van der Waals surface area (Å²) in [5.41, 5.74) is -0.347. The van der Waals surface area contributed by atoms with Gasteiger partial charge in [-0.3, -0.25) is 4.79 Å². The van der Waals surface area contributed by atoms with Gasteiger partial charge in [-0.2, -0.15) is 0 Å². The third-order valence-corrected chi connectivity index (χ3v) is 5.76. The number of hydrogen-bond donors (Lipinski definition) is 1. The molecule has 0 aromatic carbocycles. The zero-order chi connectivity index (χ0) is 15.3. The number of aliphatic hydroxyl groups is 1. The second kappa shape index (κ2) is 4.72. The Balaban J connectivity index is 2.23. The first-order valence-corrected chi connectivity index (χ1v) is 7.85. The first kappa shape index (κ1) is 15.8. The molecule has 0 radical (unpaired) electrons. The first-order chi connectivity index (χ1) is 8.96. The molecule has 2 fully saturated rings. The average molecular weight is 282 g/mol. The Labute approximate surface area is 123 Å². The molecular formula is C17H30O3. The maximum Gasteiger partial charge on any atom is 0.302 e. The van der Waals surface area contributed by atoms with Crippen molar-refractivity contribution < 1.29 is 14.6 Å². The lowest BCUT2D eigenvalue weighted by Gasteiger charge is -2.57. The molecule has 1 N–H and O–H groups in total. The van der Waals surface area contributed by atoms with Gasteiger partial charge in [0.25, 0.3) is 0 Å². The van der Waals surface area contributed by atoms with Gasteiger partial charge in [0.1, 0.15) is 6.10 Å². The summed E-state index contributed by atoms with van der Waals surface area (Å²) in [5.74, 6) is 0.485. The maximum absolute atomic E-state index is 11.4. The number of carbonyl (C=O) groups is 1. The summed E-state index contributed by atoms with van der Waals surface area (Å²) in [4.78, 5) is 11.4. The van der Waals surface area contributed by atoms with E-state index >= 15 is 0 Å². The fourth-order valence-electron chi connectivity index (χ4n) is 4.84. The lowest BCUT2D eigenvalue weighted by molar-refractivity contribution is -0.168. The highest BCUT2D eigenvalue weighted by atomic mass is 16.5. The number of rotatable bonds is 3. The molecule has 3 nitrogen and oxygen atoms in total. The highest BCUT2D eigenvalue weighted by Crippen LogP contribution is 2.62. The van der Waals surface area contributed by atoms with Crippen molar-refractivity contribution >= 4 is 5.97 Å². The van der Waals surface area contributed by atoms with Crippen LogP contribution in [-0.4, -0.2) is 22.8 Å². The lowest BCUT2D eigenvalue weighted by atomic mass is 9.50. The van der Waals surface area contributed by atoms with Crippen molar-refractivity contribution in [1.82, 2.24) is 0 Å². The molecule has 0 aliphatic heterocycles. The minimum absolute atomic E-state index is 0.0117. The molecule has 0 aromatic heterocycles. The van der Waals surface area contributed by atoms with Crippen LogP contribution in [0.15, 0.2) is 0 Å². The zero-order valence-electron chi connectivity index (χ0n) is 13.8. The Morgan fingerprint density at radius 1 is 1.25 bits per heavy atom. The SMILES string of the molecule is CC(=O)O[C@@H]1CC(C)(C)C[C@@H]1[C@@]1(C)CC[C@H]1C(C)(C)O. The summed E-state index contributed by atoms with van der Waals surface area (Å²) in [6.45, 7) is 12.1. The van der Waals surface area contributed by atoms with E-state index < -0.39 is 5.60 Å². The van der Waals surface area contributed by atoms with E-state index in [1.165, 1.54) is 6.92 Å². The molecular weight excluding hydrogens is 252 g/mol. The third-order valence-electron chi connectivity index (χ3n) is 5.76. The molecule has 0 amide bonds. The molecule has 0 heterocycles. The fourth-order valence-corrected chi connectivity index (χ4v) is 4.84. The molecule has 0 unspecified atom stereocenters. The van der Waals surface area contributed by atoms with Crippen LogP contribution in [0, 0.1) is 22.7 Å². The van der Waals surface area contributed by atoms with Crippen LogP contribution >= 0.6 is 0 Å². The van der Waals surface area contributed by atoms with E-state index in [0.29, 0.717) is 11.8 Å². The normalized spacial score (nSPS) is 40.2. The van der Waals surface area contributed by atoms with Gasteiger partial charge in [-0.15, -0.1) is 0 Å². The summed E-state index contributed by atoms with van der Waals surface area (Å²) in [7, 11) is 0. The van der Waals surface area contributed by atoms with Gasteiger partial charge in [-0.05, 0) is 56.3 Å². The van der Waals surface area contributed by atoms with E-state index in [4.69, 9.17) is 4.74 Å². The quantitative estimate of drug-likeness (QED) is 0.805. The Morgan fingerprint density at radius 2 is 1.85 bits per heavy atom. The third kappa shape index (κ3) is 2.74. The van der Waals surface area contributed by atoms with Gasteiger partial charge in [-0.1, -0.05) is 20.8 Å². The van der Waals surface area contributed by atoms with Crippen molar-refractivity contribution in [2.24, 2.45) is 22.7 Å². The van der Waals surface area contributed by atoms with Gasteiger partial charge < -0.3 is 9.84 Å². The van der Waals surface area contributed by atoms with E-state index in [0.717, 1.165) is 25.7 Å². The van der Waals surface area contributed by atoms with E-state index in [-0.39, 0.29) is 22.9 Å². The van der Waals surface area contributed by atoms with Gasteiger partial charge >= 0.3 is 5.97 Å².